The molecule has 10 aromatic rings. The number of para-hydroxylation sites is 1. The Balaban J connectivity index is 0.925. The third-order valence-electron chi connectivity index (χ3n) is 11.6. The van der Waals surface area contributed by atoms with Crippen LogP contribution in [0.5, 0.6) is 0 Å². The maximum Gasteiger partial charge on any atom is 0.0546 e. The first kappa shape index (κ1) is 33.6. The van der Waals surface area contributed by atoms with Crippen LogP contribution < -0.4 is 9.80 Å². The summed E-state index contributed by atoms with van der Waals surface area (Å²) in [7, 11) is 0. The van der Waals surface area contributed by atoms with E-state index >= 15 is 0 Å². The molecule has 58 heavy (non-hydrogen) atoms. The van der Waals surface area contributed by atoms with Gasteiger partial charge in [-0.3, -0.25) is 0 Å². The van der Waals surface area contributed by atoms with Gasteiger partial charge in [0.2, 0.25) is 0 Å². The summed E-state index contributed by atoms with van der Waals surface area (Å²) in [6.07, 6.45) is 0. The zero-order chi connectivity index (χ0) is 38.4. The molecule has 1 heterocycles. The lowest BCUT2D eigenvalue weighted by molar-refractivity contribution is 1.28. The van der Waals surface area contributed by atoms with E-state index in [1.807, 2.05) is 0 Å². The fraction of sp³-hybridized carbons (Fsp3) is 0. The van der Waals surface area contributed by atoms with Gasteiger partial charge in [-0.2, -0.15) is 0 Å². The van der Waals surface area contributed by atoms with Gasteiger partial charge in [-0.05, 0) is 110 Å². The van der Waals surface area contributed by atoms with E-state index in [-0.39, 0.29) is 0 Å². The van der Waals surface area contributed by atoms with Crippen molar-refractivity contribution in [1.29, 1.82) is 0 Å². The maximum absolute atomic E-state index is 2.46. The molecule has 0 saturated carbocycles. The van der Waals surface area contributed by atoms with E-state index in [2.05, 4.69) is 240 Å². The molecule has 2 nitrogen and oxygen atoms in total. The maximum atomic E-state index is 2.46. The monoisotopic (exact) mass is 738 g/mol. The molecule has 0 spiro atoms. The Bertz CT molecular complexity index is 3070. The normalized spacial score (nSPS) is 11.8. The number of hydrogen-bond acceptors (Lipinski definition) is 2. The quantitative estimate of drug-likeness (QED) is 0.161. The molecule has 0 fully saturated rings. The van der Waals surface area contributed by atoms with Gasteiger partial charge in [0.15, 0.2) is 0 Å². The summed E-state index contributed by atoms with van der Waals surface area (Å²) in [4.78, 5) is 4.78. The van der Waals surface area contributed by atoms with Crippen molar-refractivity contribution in [3.05, 3.63) is 231 Å². The summed E-state index contributed by atoms with van der Waals surface area (Å²) in [6.45, 7) is 0. The van der Waals surface area contributed by atoms with Gasteiger partial charge in [-0.25, -0.2) is 0 Å². The van der Waals surface area contributed by atoms with Crippen LogP contribution in [0, 0.1) is 0 Å². The second kappa shape index (κ2) is 14.1. The molecule has 0 amide bonds. The van der Waals surface area contributed by atoms with E-state index in [1.165, 1.54) is 83.1 Å². The molecular weight excluding hydrogens is 701 g/mol. The van der Waals surface area contributed by atoms with Crippen LogP contribution in [0.1, 0.15) is 0 Å². The Kier molecular flexibility index (Phi) is 8.19. The molecule has 11 rings (SSSR count). The van der Waals surface area contributed by atoms with E-state index in [1.54, 1.807) is 0 Å². The fourth-order valence-electron chi connectivity index (χ4n) is 8.77. The van der Waals surface area contributed by atoms with Crippen LogP contribution in [-0.4, -0.2) is 0 Å². The van der Waals surface area contributed by atoms with Crippen molar-refractivity contribution in [2.45, 2.75) is 0 Å². The van der Waals surface area contributed by atoms with Crippen molar-refractivity contribution >= 4 is 55.7 Å². The van der Waals surface area contributed by atoms with Crippen molar-refractivity contribution in [2.24, 2.45) is 0 Å². The predicted molar refractivity (Wildman–Crippen MR) is 246 cm³/mol. The predicted octanol–water partition coefficient (Wildman–Crippen LogP) is 15.9. The van der Waals surface area contributed by atoms with Gasteiger partial charge in [0.25, 0.3) is 0 Å². The number of rotatable bonds is 7. The second-order valence-corrected chi connectivity index (χ2v) is 15.0. The molecule has 10 aromatic carbocycles. The summed E-state index contributed by atoms with van der Waals surface area (Å²) in [5.41, 5.74) is 16.7. The molecule has 1 aliphatic heterocycles. The first-order valence-corrected chi connectivity index (χ1v) is 19.9. The van der Waals surface area contributed by atoms with Crippen LogP contribution >= 0.6 is 0 Å². The van der Waals surface area contributed by atoms with Gasteiger partial charge in [-0.1, -0.05) is 170 Å². The first-order chi connectivity index (χ1) is 28.8. The Morgan fingerprint density at radius 2 is 0.741 bits per heavy atom. The SMILES string of the molecule is c1ccc(-c2ccc(N(c3ccccc3)c3ccc(-c4ccc(-c5ccc6c(c5)-c5cccc7cccc(c57)N6c5cccc6ccccc56)cc4)cc3)cc2)cc1. The first-order valence-electron chi connectivity index (χ1n) is 19.9. The molecule has 0 atom stereocenters. The van der Waals surface area contributed by atoms with Crippen LogP contribution in [0.3, 0.4) is 0 Å². The molecule has 0 aliphatic carbocycles. The minimum atomic E-state index is 1.11. The van der Waals surface area contributed by atoms with E-state index in [0.717, 1.165) is 17.1 Å². The second-order valence-electron chi connectivity index (χ2n) is 15.0. The lowest BCUT2D eigenvalue weighted by atomic mass is 9.88. The summed E-state index contributed by atoms with van der Waals surface area (Å²) in [6, 6.07) is 83.5. The molecule has 0 radical (unpaired) electrons. The molecular formula is C56H38N2. The highest BCUT2D eigenvalue weighted by Gasteiger charge is 2.27. The van der Waals surface area contributed by atoms with Gasteiger partial charge in [-0.15, -0.1) is 0 Å². The van der Waals surface area contributed by atoms with Crippen LogP contribution in [-0.2, 0) is 0 Å². The third-order valence-corrected chi connectivity index (χ3v) is 11.6. The average Bonchev–Trinajstić information content (AvgIpc) is 3.30. The number of benzene rings is 10. The van der Waals surface area contributed by atoms with Crippen molar-refractivity contribution in [2.75, 3.05) is 9.80 Å². The number of anilines is 6. The van der Waals surface area contributed by atoms with Gasteiger partial charge >= 0.3 is 0 Å². The van der Waals surface area contributed by atoms with Crippen molar-refractivity contribution < 1.29 is 0 Å². The van der Waals surface area contributed by atoms with Crippen LogP contribution in [0.25, 0.3) is 66.1 Å². The fourth-order valence-corrected chi connectivity index (χ4v) is 8.77. The van der Waals surface area contributed by atoms with Crippen LogP contribution in [0.4, 0.5) is 34.1 Å². The lowest BCUT2D eigenvalue weighted by Gasteiger charge is -2.34. The summed E-state index contributed by atoms with van der Waals surface area (Å²) in [5.74, 6) is 0. The van der Waals surface area contributed by atoms with Gasteiger partial charge in [0, 0.05) is 33.4 Å². The topological polar surface area (TPSA) is 6.48 Å². The molecule has 0 saturated heterocycles. The molecule has 1 aliphatic rings. The highest BCUT2D eigenvalue weighted by molar-refractivity contribution is 6.16. The standard InChI is InChI=1S/C56H38N2/c1-3-12-39(13-4-1)41-28-33-48(34-29-41)57(47-18-5-2-6-19-47)49-35-30-42(31-36-49)40-24-26-43(27-25-40)46-32-37-54-52(38-46)51-21-9-16-45-17-11-23-55(56(45)51)58(54)53-22-10-15-44-14-7-8-20-50(44)53/h1-38H. The van der Waals surface area contributed by atoms with E-state index in [9.17, 15) is 0 Å². The summed E-state index contributed by atoms with van der Waals surface area (Å²) >= 11 is 0. The van der Waals surface area contributed by atoms with Crippen molar-refractivity contribution in [1.82, 2.24) is 0 Å². The zero-order valence-corrected chi connectivity index (χ0v) is 31.8. The van der Waals surface area contributed by atoms with Gasteiger partial charge in [0.05, 0.1) is 17.1 Å². The highest BCUT2D eigenvalue weighted by Crippen LogP contribution is 2.52. The number of fused-ring (bicyclic) bond motifs is 3. The molecule has 0 unspecified atom stereocenters. The highest BCUT2D eigenvalue weighted by atomic mass is 15.2. The van der Waals surface area contributed by atoms with Crippen LogP contribution in [0.15, 0.2) is 231 Å². The van der Waals surface area contributed by atoms with E-state index in [4.69, 9.17) is 0 Å². The molecule has 2 heteroatoms. The summed E-state index contributed by atoms with van der Waals surface area (Å²) in [5, 5.41) is 5.02. The van der Waals surface area contributed by atoms with Gasteiger partial charge in [0.1, 0.15) is 0 Å². The lowest BCUT2D eigenvalue weighted by Crippen LogP contribution is -2.15. The molecule has 0 aromatic heterocycles. The van der Waals surface area contributed by atoms with E-state index in [0.29, 0.717) is 0 Å². The zero-order valence-electron chi connectivity index (χ0n) is 31.8. The van der Waals surface area contributed by atoms with Crippen molar-refractivity contribution in [3.63, 3.8) is 0 Å². The smallest absolute Gasteiger partial charge is 0.0546 e. The Hall–Kier alpha value is -7.68. The van der Waals surface area contributed by atoms with Crippen molar-refractivity contribution in [3.8, 4) is 44.5 Å². The van der Waals surface area contributed by atoms with E-state index < -0.39 is 0 Å². The Morgan fingerprint density at radius 1 is 0.276 bits per heavy atom. The minimum absolute atomic E-state index is 1.11. The average molecular weight is 739 g/mol. The Morgan fingerprint density at radius 3 is 1.41 bits per heavy atom. The van der Waals surface area contributed by atoms with Crippen LogP contribution in [0.2, 0.25) is 0 Å². The largest absolute Gasteiger partial charge is 0.311 e. The number of nitrogens with zero attached hydrogens (tertiary/aromatic N) is 2. The Labute approximate surface area is 339 Å². The molecule has 0 bridgehead atoms. The number of hydrogen-bond donors (Lipinski definition) is 0. The summed E-state index contributed by atoms with van der Waals surface area (Å²) < 4.78 is 0. The van der Waals surface area contributed by atoms with Gasteiger partial charge < -0.3 is 9.80 Å². The molecule has 272 valence electrons. The third kappa shape index (κ3) is 5.82. The molecule has 0 N–H and O–H groups in total. The minimum Gasteiger partial charge on any atom is -0.311 e.